The number of aryl methyl sites for hydroxylation is 1. The minimum absolute atomic E-state index is 0.129. The molecule has 0 radical (unpaired) electrons. The second-order valence-corrected chi connectivity index (χ2v) is 10.4. The van der Waals surface area contributed by atoms with Gasteiger partial charge in [0.15, 0.2) is 0 Å². The molecular formula is C23H28ClN3O3S. The van der Waals surface area contributed by atoms with E-state index in [2.05, 4.69) is 10.0 Å². The molecule has 0 saturated carbocycles. The van der Waals surface area contributed by atoms with Gasteiger partial charge >= 0.3 is 0 Å². The van der Waals surface area contributed by atoms with E-state index < -0.39 is 10.0 Å². The van der Waals surface area contributed by atoms with E-state index in [4.69, 9.17) is 11.6 Å². The Morgan fingerprint density at radius 2 is 1.84 bits per heavy atom. The van der Waals surface area contributed by atoms with Crippen LogP contribution in [0.2, 0.25) is 5.02 Å². The van der Waals surface area contributed by atoms with Gasteiger partial charge in [-0.3, -0.25) is 4.79 Å². The van der Waals surface area contributed by atoms with Crippen molar-refractivity contribution in [3.63, 3.8) is 0 Å². The lowest BCUT2D eigenvalue weighted by molar-refractivity contribution is -0.132. The van der Waals surface area contributed by atoms with Gasteiger partial charge in [-0.2, -0.15) is 0 Å². The number of amides is 1. The van der Waals surface area contributed by atoms with E-state index in [-0.39, 0.29) is 23.4 Å². The molecule has 0 spiro atoms. The molecular weight excluding hydrogens is 434 g/mol. The number of nitrogens with one attached hydrogen (secondary N) is 2. The van der Waals surface area contributed by atoms with Gasteiger partial charge in [-0.1, -0.05) is 42.6 Å². The summed E-state index contributed by atoms with van der Waals surface area (Å²) in [6.07, 6.45) is 5.84. The van der Waals surface area contributed by atoms with Crippen molar-refractivity contribution >= 4 is 33.2 Å². The molecule has 1 atom stereocenters. The number of carbonyl (C=O) groups excluding carboxylic acids is 1. The highest BCUT2D eigenvalue weighted by Gasteiger charge is 2.29. The summed E-state index contributed by atoms with van der Waals surface area (Å²) in [5, 5.41) is 3.86. The SMILES string of the molecule is O=C([C@@H]1CCc2cc(S(=O)(=O)NCc3ccccc3Cl)ccc2N1)N1CCCCCC1. The summed E-state index contributed by atoms with van der Waals surface area (Å²) < 4.78 is 28.2. The molecule has 2 heterocycles. The first-order valence-corrected chi connectivity index (χ1v) is 12.7. The quantitative estimate of drug-likeness (QED) is 0.706. The number of halogens is 1. The summed E-state index contributed by atoms with van der Waals surface area (Å²) in [5.41, 5.74) is 2.48. The number of sulfonamides is 1. The van der Waals surface area contributed by atoms with Crippen LogP contribution in [-0.4, -0.2) is 38.4 Å². The van der Waals surface area contributed by atoms with E-state index in [0.29, 0.717) is 17.9 Å². The Morgan fingerprint density at radius 1 is 1.10 bits per heavy atom. The fraction of sp³-hybridized carbons (Fsp3) is 0.435. The first-order chi connectivity index (χ1) is 14.9. The second kappa shape index (κ2) is 9.59. The minimum Gasteiger partial charge on any atom is -0.373 e. The molecule has 31 heavy (non-hydrogen) atoms. The topological polar surface area (TPSA) is 78.5 Å². The van der Waals surface area contributed by atoms with Crippen LogP contribution in [0.4, 0.5) is 5.69 Å². The fourth-order valence-corrected chi connectivity index (χ4v) is 5.50. The molecule has 1 saturated heterocycles. The zero-order valence-electron chi connectivity index (χ0n) is 17.4. The van der Waals surface area contributed by atoms with E-state index in [1.807, 2.05) is 17.0 Å². The Bertz CT molecular complexity index is 1050. The lowest BCUT2D eigenvalue weighted by atomic mass is 9.97. The summed E-state index contributed by atoms with van der Waals surface area (Å²) in [6.45, 7) is 1.79. The van der Waals surface area contributed by atoms with E-state index in [9.17, 15) is 13.2 Å². The van der Waals surface area contributed by atoms with Crippen molar-refractivity contribution in [2.45, 2.75) is 56.0 Å². The van der Waals surface area contributed by atoms with Gasteiger partial charge in [0.2, 0.25) is 15.9 Å². The normalized spacial score (nSPS) is 19.3. The molecule has 2 aromatic carbocycles. The van der Waals surface area contributed by atoms with Crippen LogP contribution in [0.25, 0.3) is 0 Å². The molecule has 166 valence electrons. The van der Waals surface area contributed by atoms with Crippen molar-refractivity contribution in [2.75, 3.05) is 18.4 Å². The second-order valence-electron chi connectivity index (χ2n) is 8.21. The predicted octanol–water partition coefficient (Wildman–Crippen LogP) is 3.95. The average molecular weight is 462 g/mol. The van der Waals surface area contributed by atoms with Crippen molar-refractivity contribution in [1.29, 1.82) is 0 Å². The molecule has 1 fully saturated rings. The molecule has 0 bridgehead atoms. The monoisotopic (exact) mass is 461 g/mol. The molecule has 8 heteroatoms. The van der Waals surface area contributed by atoms with Crippen LogP contribution < -0.4 is 10.0 Å². The smallest absolute Gasteiger partial charge is 0.245 e. The predicted molar refractivity (Wildman–Crippen MR) is 123 cm³/mol. The Labute approximate surface area is 189 Å². The van der Waals surface area contributed by atoms with Crippen LogP contribution in [0.1, 0.15) is 43.2 Å². The zero-order chi connectivity index (χ0) is 21.8. The van der Waals surface area contributed by atoms with E-state index in [0.717, 1.165) is 42.7 Å². The number of hydrogen-bond donors (Lipinski definition) is 2. The van der Waals surface area contributed by atoms with Crippen molar-refractivity contribution in [2.24, 2.45) is 0 Å². The minimum atomic E-state index is -3.67. The number of hydrogen-bond acceptors (Lipinski definition) is 4. The van der Waals surface area contributed by atoms with Crippen molar-refractivity contribution in [1.82, 2.24) is 9.62 Å². The summed E-state index contributed by atoms with van der Waals surface area (Å²) in [4.78, 5) is 15.1. The molecule has 2 aromatic rings. The van der Waals surface area contributed by atoms with E-state index in [1.54, 1.807) is 30.3 Å². The first kappa shape index (κ1) is 22.1. The first-order valence-electron chi connectivity index (χ1n) is 10.9. The molecule has 6 nitrogen and oxygen atoms in total. The van der Waals surface area contributed by atoms with Crippen LogP contribution in [0.3, 0.4) is 0 Å². The third-order valence-electron chi connectivity index (χ3n) is 6.05. The van der Waals surface area contributed by atoms with Crippen molar-refractivity contribution in [3.8, 4) is 0 Å². The Kier molecular flexibility index (Phi) is 6.84. The van der Waals surface area contributed by atoms with Gasteiger partial charge in [-0.25, -0.2) is 13.1 Å². The van der Waals surface area contributed by atoms with Gasteiger partial charge in [-0.15, -0.1) is 0 Å². The van der Waals surface area contributed by atoms with E-state index in [1.165, 1.54) is 12.8 Å². The number of benzene rings is 2. The molecule has 0 unspecified atom stereocenters. The lowest BCUT2D eigenvalue weighted by Crippen LogP contribution is -2.45. The lowest BCUT2D eigenvalue weighted by Gasteiger charge is -2.31. The third-order valence-corrected chi connectivity index (χ3v) is 7.81. The van der Waals surface area contributed by atoms with Crippen LogP contribution in [-0.2, 0) is 27.8 Å². The highest BCUT2D eigenvalue weighted by molar-refractivity contribution is 7.89. The number of nitrogens with zero attached hydrogens (tertiary/aromatic N) is 1. The molecule has 2 N–H and O–H groups in total. The van der Waals surface area contributed by atoms with Gasteiger partial charge in [0.25, 0.3) is 0 Å². The van der Waals surface area contributed by atoms with Crippen LogP contribution in [0, 0.1) is 0 Å². The molecule has 0 aromatic heterocycles. The molecule has 2 aliphatic heterocycles. The molecule has 4 rings (SSSR count). The maximum Gasteiger partial charge on any atom is 0.245 e. The number of carbonyl (C=O) groups is 1. The van der Waals surface area contributed by atoms with Gasteiger partial charge in [0.05, 0.1) is 4.90 Å². The van der Waals surface area contributed by atoms with E-state index >= 15 is 0 Å². The van der Waals surface area contributed by atoms with Crippen LogP contribution >= 0.6 is 11.6 Å². The highest BCUT2D eigenvalue weighted by Crippen LogP contribution is 2.29. The largest absolute Gasteiger partial charge is 0.373 e. The number of anilines is 1. The van der Waals surface area contributed by atoms with Gasteiger partial charge < -0.3 is 10.2 Å². The maximum atomic E-state index is 12.9. The third kappa shape index (κ3) is 5.22. The van der Waals surface area contributed by atoms with Crippen molar-refractivity contribution in [3.05, 3.63) is 58.6 Å². The number of likely N-dealkylation sites (tertiary alicyclic amines) is 1. The maximum absolute atomic E-state index is 12.9. The zero-order valence-corrected chi connectivity index (χ0v) is 19.0. The Hall–Kier alpha value is -2.09. The number of fused-ring (bicyclic) bond motifs is 1. The summed E-state index contributed by atoms with van der Waals surface area (Å²) >= 11 is 6.12. The summed E-state index contributed by atoms with van der Waals surface area (Å²) in [6, 6.07) is 12.0. The molecule has 2 aliphatic rings. The average Bonchev–Trinajstić information content (AvgIpc) is 3.07. The molecule has 0 aliphatic carbocycles. The van der Waals surface area contributed by atoms with Crippen molar-refractivity contribution < 1.29 is 13.2 Å². The standard InChI is InChI=1S/C23H28ClN3O3S/c24-20-8-4-3-7-18(20)16-25-31(29,30)19-10-12-21-17(15-19)9-11-22(26-21)23(28)27-13-5-1-2-6-14-27/h3-4,7-8,10,12,15,22,25-26H,1-2,5-6,9,11,13-14,16H2/t22-/m0/s1. The van der Waals surface area contributed by atoms with Gasteiger partial charge in [-0.05, 0) is 61.1 Å². The fourth-order valence-electron chi connectivity index (χ4n) is 4.24. The molecule has 1 amide bonds. The van der Waals surface area contributed by atoms with Crippen LogP contribution in [0.15, 0.2) is 47.4 Å². The summed E-state index contributed by atoms with van der Waals surface area (Å²) in [5.74, 6) is 0.158. The van der Waals surface area contributed by atoms with Crippen LogP contribution in [0.5, 0.6) is 0 Å². The Balaban J connectivity index is 1.43. The Morgan fingerprint density at radius 3 is 2.58 bits per heavy atom. The summed E-state index contributed by atoms with van der Waals surface area (Å²) in [7, 11) is -3.67. The van der Waals surface area contributed by atoms with Gasteiger partial charge in [0, 0.05) is 30.3 Å². The highest BCUT2D eigenvalue weighted by atomic mass is 35.5. The number of rotatable bonds is 5. The van der Waals surface area contributed by atoms with Gasteiger partial charge in [0.1, 0.15) is 6.04 Å².